The Kier molecular flexibility index (Phi) is 7.18. The zero-order valence-electron chi connectivity index (χ0n) is 21.4. The molecular weight excluding hydrogens is 464 g/mol. The van der Waals surface area contributed by atoms with Gasteiger partial charge in [-0.3, -0.25) is 0 Å². The number of ether oxygens (including phenoxy) is 2. The molecule has 1 aliphatic heterocycles. The molecule has 2 aromatic carbocycles. The van der Waals surface area contributed by atoms with Gasteiger partial charge >= 0.3 is 0 Å². The summed E-state index contributed by atoms with van der Waals surface area (Å²) < 4.78 is 13.2. The second-order valence-electron chi connectivity index (χ2n) is 9.22. The molecule has 8 nitrogen and oxygen atoms in total. The molecule has 0 bridgehead atoms. The van der Waals surface area contributed by atoms with Crippen molar-refractivity contribution in [2.45, 2.75) is 25.8 Å². The van der Waals surface area contributed by atoms with Crippen molar-refractivity contribution in [1.29, 1.82) is 5.41 Å². The van der Waals surface area contributed by atoms with Gasteiger partial charge in [0.2, 0.25) is 0 Å². The Morgan fingerprint density at radius 1 is 1.08 bits per heavy atom. The maximum absolute atomic E-state index is 7.95. The van der Waals surface area contributed by atoms with E-state index in [1.165, 1.54) is 6.21 Å². The van der Waals surface area contributed by atoms with Gasteiger partial charge in [-0.15, -0.1) is 0 Å². The summed E-state index contributed by atoms with van der Waals surface area (Å²) in [7, 11) is 3.67. The minimum atomic E-state index is 0.382. The topological polar surface area (TPSA) is 97.1 Å². The first-order valence-electron chi connectivity index (χ1n) is 12.4. The molecule has 0 atom stereocenters. The molecule has 0 unspecified atom stereocenters. The molecule has 0 radical (unpaired) electrons. The lowest BCUT2D eigenvalue weighted by Crippen LogP contribution is -2.31. The molecular formula is C29H32N6O2. The Bertz CT molecular complexity index is 1450. The summed E-state index contributed by atoms with van der Waals surface area (Å²) in [6.07, 6.45) is 9.02. The fourth-order valence-electron chi connectivity index (χ4n) is 4.53. The molecule has 8 heteroatoms. The number of aromatic nitrogens is 3. The van der Waals surface area contributed by atoms with Crippen LogP contribution in [0.15, 0.2) is 61.1 Å². The van der Waals surface area contributed by atoms with Gasteiger partial charge in [-0.1, -0.05) is 18.2 Å². The van der Waals surface area contributed by atoms with Crippen molar-refractivity contribution in [3.63, 3.8) is 0 Å². The number of pyridine rings is 1. The molecule has 1 aliphatic rings. The number of aryl methyl sites for hydroxylation is 1. The lowest BCUT2D eigenvalue weighted by Gasteiger charge is -2.22. The predicted molar refractivity (Wildman–Crippen MR) is 149 cm³/mol. The zero-order valence-corrected chi connectivity index (χ0v) is 21.4. The molecule has 2 aromatic heterocycles. The normalized spacial score (nSPS) is 14.5. The quantitative estimate of drug-likeness (QED) is 0.281. The van der Waals surface area contributed by atoms with Crippen LogP contribution in [0.5, 0.6) is 5.75 Å². The van der Waals surface area contributed by atoms with Gasteiger partial charge in [-0.05, 0) is 55.0 Å². The second-order valence-corrected chi connectivity index (χ2v) is 9.22. The number of imidazole rings is 1. The Morgan fingerprint density at radius 2 is 1.92 bits per heavy atom. The van der Waals surface area contributed by atoms with Crippen LogP contribution in [0.1, 0.15) is 24.2 Å². The molecule has 1 fully saturated rings. The third kappa shape index (κ3) is 5.34. The highest BCUT2D eigenvalue weighted by molar-refractivity contribution is 6.09. The first-order valence-corrected chi connectivity index (χ1v) is 12.4. The van der Waals surface area contributed by atoms with E-state index in [9.17, 15) is 0 Å². The summed E-state index contributed by atoms with van der Waals surface area (Å²) in [6.45, 7) is 3.54. The number of allylic oxidation sites excluding steroid dienone is 1. The molecule has 3 heterocycles. The van der Waals surface area contributed by atoms with Crippen molar-refractivity contribution in [3.8, 4) is 17.0 Å². The highest BCUT2D eigenvalue weighted by Gasteiger charge is 2.13. The van der Waals surface area contributed by atoms with E-state index < -0.39 is 0 Å². The fraction of sp³-hybridized carbons (Fsp3) is 0.276. The Morgan fingerprint density at radius 3 is 2.65 bits per heavy atom. The summed E-state index contributed by atoms with van der Waals surface area (Å²) >= 11 is 0. The van der Waals surface area contributed by atoms with Gasteiger partial charge in [0.15, 0.2) is 0 Å². The minimum absolute atomic E-state index is 0.382. The van der Waals surface area contributed by atoms with E-state index in [4.69, 9.17) is 14.9 Å². The van der Waals surface area contributed by atoms with Crippen LogP contribution in [-0.4, -0.2) is 47.1 Å². The highest BCUT2D eigenvalue weighted by Crippen LogP contribution is 2.33. The van der Waals surface area contributed by atoms with E-state index >= 15 is 0 Å². The van der Waals surface area contributed by atoms with E-state index in [0.717, 1.165) is 76.5 Å². The molecule has 5 rings (SSSR count). The van der Waals surface area contributed by atoms with Crippen LogP contribution in [0.4, 0.5) is 11.5 Å². The van der Waals surface area contributed by atoms with E-state index in [1.807, 2.05) is 69.0 Å². The number of methoxy groups -OCH3 is 1. The SMILES string of the molecule is COc1cc(-c2cnc(C)n2C)ccc1Nc1cc2cc(/C(C=N)=C/NC3CCOCC3)ccc2cn1. The first-order chi connectivity index (χ1) is 18.1. The highest BCUT2D eigenvalue weighted by atomic mass is 16.5. The van der Waals surface area contributed by atoms with E-state index in [0.29, 0.717) is 11.9 Å². The number of hydrogen-bond acceptors (Lipinski definition) is 7. The monoisotopic (exact) mass is 496 g/mol. The molecule has 4 aromatic rings. The number of benzene rings is 2. The molecule has 1 saturated heterocycles. The average molecular weight is 497 g/mol. The number of nitrogens with zero attached hydrogens (tertiary/aromatic N) is 3. The standard InChI is InChI=1S/C29H32N6O2/c1-19-31-18-27(35(19)2)21-6-7-26(28(13-21)36-3)34-29-14-23-12-20(4-5-22(23)16-33-29)24(15-30)17-32-25-8-10-37-11-9-25/h4-7,12-18,25,30,32H,8-11H2,1-3H3,(H,33,34)/b24-17+,30-15?. The van der Waals surface area contributed by atoms with Crippen molar-refractivity contribution < 1.29 is 9.47 Å². The maximum Gasteiger partial charge on any atom is 0.143 e. The van der Waals surface area contributed by atoms with Crippen molar-refractivity contribution in [2.24, 2.45) is 7.05 Å². The Labute approximate surface area is 216 Å². The van der Waals surface area contributed by atoms with Gasteiger partial charge in [-0.2, -0.15) is 0 Å². The van der Waals surface area contributed by atoms with Gasteiger partial charge < -0.3 is 30.1 Å². The van der Waals surface area contributed by atoms with Gasteiger partial charge in [-0.25, -0.2) is 9.97 Å². The Hall–Kier alpha value is -4.17. The number of fused-ring (bicyclic) bond motifs is 1. The molecule has 37 heavy (non-hydrogen) atoms. The van der Waals surface area contributed by atoms with Gasteiger partial charge in [0.25, 0.3) is 0 Å². The van der Waals surface area contributed by atoms with Crippen molar-refractivity contribution in [1.82, 2.24) is 19.9 Å². The lowest BCUT2D eigenvalue weighted by molar-refractivity contribution is 0.0812. The van der Waals surface area contributed by atoms with Crippen molar-refractivity contribution in [3.05, 3.63) is 72.4 Å². The Balaban J connectivity index is 1.39. The number of nitrogens with one attached hydrogen (secondary N) is 3. The van der Waals surface area contributed by atoms with Gasteiger partial charge in [0, 0.05) is 61.4 Å². The number of rotatable bonds is 8. The van der Waals surface area contributed by atoms with E-state index in [2.05, 4.69) is 31.2 Å². The lowest BCUT2D eigenvalue weighted by atomic mass is 10.0. The fourth-order valence-corrected chi connectivity index (χ4v) is 4.53. The third-order valence-electron chi connectivity index (χ3n) is 6.89. The molecule has 0 saturated carbocycles. The van der Waals surface area contributed by atoms with Gasteiger partial charge in [0.1, 0.15) is 17.4 Å². The molecule has 3 N–H and O–H groups in total. The number of anilines is 2. The van der Waals surface area contributed by atoms with Crippen LogP contribution in [0.25, 0.3) is 27.6 Å². The zero-order chi connectivity index (χ0) is 25.8. The summed E-state index contributed by atoms with van der Waals surface area (Å²) in [4.78, 5) is 9.00. The molecule has 0 aliphatic carbocycles. The van der Waals surface area contributed by atoms with Crippen LogP contribution in [-0.2, 0) is 11.8 Å². The molecule has 0 amide bonds. The van der Waals surface area contributed by atoms with Crippen LogP contribution >= 0.6 is 0 Å². The van der Waals surface area contributed by atoms with E-state index in [-0.39, 0.29) is 0 Å². The van der Waals surface area contributed by atoms with Crippen LogP contribution in [0, 0.1) is 12.3 Å². The first kappa shape index (κ1) is 24.5. The third-order valence-corrected chi connectivity index (χ3v) is 6.89. The molecule has 190 valence electrons. The van der Waals surface area contributed by atoms with Crippen LogP contribution in [0.3, 0.4) is 0 Å². The smallest absolute Gasteiger partial charge is 0.143 e. The van der Waals surface area contributed by atoms with Gasteiger partial charge in [0.05, 0.1) is 24.7 Å². The largest absolute Gasteiger partial charge is 0.495 e. The van der Waals surface area contributed by atoms with Crippen molar-refractivity contribution in [2.75, 3.05) is 25.6 Å². The summed E-state index contributed by atoms with van der Waals surface area (Å²) in [5.41, 5.74) is 4.70. The second kappa shape index (κ2) is 10.8. The average Bonchev–Trinajstić information content (AvgIpc) is 3.27. The maximum atomic E-state index is 7.95. The molecule has 0 spiro atoms. The van der Waals surface area contributed by atoms with Crippen molar-refractivity contribution >= 4 is 34.1 Å². The summed E-state index contributed by atoms with van der Waals surface area (Å²) in [6, 6.07) is 14.6. The van der Waals surface area contributed by atoms with E-state index in [1.54, 1.807) is 7.11 Å². The minimum Gasteiger partial charge on any atom is -0.495 e. The number of hydrogen-bond donors (Lipinski definition) is 3. The summed E-state index contributed by atoms with van der Waals surface area (Å²) in [5.74, 6) is 2.39. The van der Waals surface area contributed by atoms with Crippen LogP contribution in [0.2, 0.25) is 0 Å². The predicted octanol–water partition coefficient (Wildman–Crippen LogP) is 5.45. The van der Waals surface area contributed by atoms with Crippen LogP contribution < -0.4 is 15.4 Å². The summed E-state index contributed by atoms with van der Waals surface area (Å²) in [5, 5.41) is 16.9.